The van der Waals surface area contributed by atoms with Crippen LogP contribution in [0.25, 0.3) is 0 Å². The SMILES string of the molecule is Cc1ccc(C(=O)C(F)(F)Br)s1. The van der Waals surface area contributed by atoms with Gasteiger partial charge < -0.3 is 0 Å². The summed E-state index contributed by atoms with van der Waals surface area (Å²) in [7, 11) is 0. The molecule has 0 radical (unpaired) electrons. The van der Waals surface area contributed by atoms with Crippen LogP contribution in [0.1, 0.15) is 14.5 Å². The fourth-order valence-corrected chi connectivity index (χ4v) is 1.88. The normalized spacial score (nSPS) is 11.7. The quantitative estimate of drug-likeness (QED) is 0.585. The second-order valence-corrected chi connectivity index (χ2v) is 4.52. The number of hydrogen-bond acceptors (Lipinski definition) is 2. The first-order valence-corrected chi connectivity index (χ1v) is 4.70. The molecule has 0 spiro atoms. The van der Waals surface area contributed by atoms with Gasteiger partial charge in [0.1, 0.15) is 0 Å². The maximum atomic E-state index is 12.4. The van der Waals surface area contributed by atoms with Crippen LogP contribution in [0.4, 0.5) is 8.78 Å². The molecule has 0 fully saturated rings. The predicted molar refractivity (Wildman–Crippen MR) is 47.3 cm³/mol. The lowest BCUT2D eigenvalue weighted by Crippen LogP contribution is -2.19. The van der Waals surface area contributed by atoms with Crippen LogP contribution in [-0.4, -0.2) is 10.6 Å². The lowest BCUT2D eigenvalue weighted by molar-refractivity contribution is 0.0597. The minimum absolute atomic E-state index is 0.0781. The molecule has 66 valence electrons. The molecule has 1 heterocycles. The number of halogens is 3. The molecule has 0 unspecified atom stereocenters. The first-order valence-electron chi connectivity index (χ1n) is 3.09. The van der Waals surface area contributed by atoms with Crippen molar-refractivity contribution in [1.29, 1.82) is 0 Å². The third-order valence-corrected chi connectivity index (χ3v) is 2.58. The molecule has 1 nitrogen and oxygen atoms in total. The van der Waals surface area contributed by atoms with E-state index in [2.05, 4.69) is 0 Å². The van der Waals surface area contributed by atoms with E-state index in [0.717, 1.165) is 16.2 Å². The summed E-state index contributed by atoms with van der Waals surface area (Å²) in [5, 5.41) is 0. The summed E-state index contributed by atoms with van der Waals surface area (Å²) in [5.41, 5.74) is 0. The Balaban J connectivity index is 2.93. The number of alkyl halides is 3. The molecule has 12 heavy (non-hydrogen) atoms. The van der Waals surface area contributed by atoms with Gasteiger partial charge in [-0.25, -0.2) is 0 Å². The predicted octanol–water partition coefficient (Wildman–Crippen LogP) is 3.23. The van der Waals surface area contributed by atoms with Crippen LogP contribution < -0.4 is 0 Å². The van der Waals surface area contributed by atoms with Crippen LogP contribution in [0.2, 0.25) is 0 Å². The van der Waals surface area contributed by atoms with E-state index >= 15 is 0 Å². The topological polar surface area (TPSA) is 17.1 Å². The van der Waals surface area contributed by atoms with Gasteiger partial charge in [-0.15, -0.1) is 11.3 Å². The van der Waals surface area contributed by atoms with Crippen LogP contribution >= 0.6 is 27.3 Å². The Kier molecular flexibility index (Phi) is 2.63. The zero-order valence-corrected chi connectivity index (χ0v) is 8.51. The minimum Gasteiger partial charge on any atom is -0.285 e. The van der Waals surface area contributed by atoms with E-state index in [1.54, 1.807) is 13.0 Å². The molecule has 1 aromatic rings. The molecular weight excluding hydrogens is 250 g/mol. The number of Topliss-reactive ketones (excluding diaryl/α,β-unsaturated/α-hetero) is 1. The van der Waals surface area contributed by atoms with Gasteiger partial charge in [0.05, 0.1) is 4.88 Å². The van der Waals surface area contributed by atoms with Gasteiger partial charge in [-0.1, -0.05) is 0 Å². The Morgan fingerprint density at radius 3 is 2.50 bits per heavy atom. The van der Waals surface area contributed by atoms with Gasteiger partial charge in [-0.3, -0.25) is 4.79 Å². The van der Waals surface area contributed by atoms with Gasteiger partial charge >= 0.3 is 4.83 Å². The standard InChI is InChI=1S/C7H5BrF2OS/c1-4-2-3-5(12-4)6(11)7(8,9)10/h2-3H,1H3. The molecule has 0 aliphatic rings. The molecule has 1 aromatic heterocycles. The second-order valence-electron chi connectivity index (χ2n) is 2.24. The number of carbonyl (C=O) groups excluding carboxylic acids is 1. The van der Waals surface area contributed by atoms with Crippen molar-refractivity contribution in [2.75, 3.05) is 0 Å². The Hall–Kier alpha value is -0.290. The summed E-state index contributed by atoms with van der Waals surface area (Å²) in [5.74, 6) is -1.18. The van der Waals surface area contributed by atoms with Gasteiger partial charge in [0, 0.05) is 4.88 Å². The average Bonchev–Trinajstić information content (AvgIpc) is 2.32. The molecule has 0 N–H and O–H groups in total. The second kappa shape index (κ2) is 3.22. The van der Waals surface area contributed by atoms with Crippen molar-refractivity contribution in [2.24, 2.45) is 0 Å². The monoisotopic (exact) mass is 254 g/mol. The Labute approximate surface area is 80.5 Å². The van der Waals surface area contributed by atoms with E-state index in [1.807, 2.05) is 15.9 Å². The number of hydrogen-bond donors (Lipinski definition) is 0. The molecule has 1 rings (SSSR count). The summed E-state index contributed by atoms with van der Waals surface area (Å²) in [6.07, 6.45) is 0. The zero-order chi connectivity index (χ0) is 9.35. The number of ketones is 1. The lowest BCUT2D eigenvalue weighted by atomic mass is 10.3. The minimum atomic E-state index is -3.44. The molecule has 0 atom stereocenters. The highest BCUT2D eigenvalue weighted by Gasteiger charge is 2.36. The van der Waals surface area contributed by atoms with Crippen LogP contribution in [-0.2, 0) is 0 Å². The van der Waals surface area contributed by atoms with Gasteiger partial charge in [0.2, 0.25) is 0 Å². The van der Waals surface area contributed by atoms with Crippen molar-refractivity contribution in [1.82, 2.24) is 0 Å². The van der Waals surface area contributed by atoms with Crippen molar-refractivity contribution < 1.29 is 13.6 Å². The van der Waals surface area contributed by atoms with Gasteiger partial charge in [-0.2, -0.15) is 8.78 Å². The van der Waals surface area contributed by atoms with Crippen LogP contribution in [0, 0.1) is 6.92 Å². The van der Waals surface area contributed by atoms with Crippen LogP contribution in [0.15, 0.2) is 12.1 Å². The van der Waals surface area contributed by atoms with Crippen molar-refractivity contribution in [3.05, 3.63) is 21.9 Å². The maximum absolute atomic E-state index is 12.4. The number of thiophene rings is 1. The van der Waals surface area contributed by atoms with E-state index in [9.17, 15) is 13.6 Å². The lowest BCUT2D eigenvalue weighted by Gasteiger charge is -2.03. The van der Waals surface area contributed by atoms with Crippen LogP contribution in [0.5, 0.6) is 0 Å². The molecule has 0 aliphatic heterocycles. The number of carbonyl (C=O) groups is 1. The molecule has 0 saturated carbocycles. The molecule has 5 heteroatoms. The molecule has 0 saturated heterocycles. The van der Waals surface area contributed by atoms with E-state index in [-0.39, 0.29) is 4.88 Å². The molecule has 0 aliphatic carbocycles. The number of aryl methyl sites for hydroxylation is 1. The van der Waals surface area contributed by atoms with Crippen molar-refractivity contribution in [2.45, 2.75) is 11.8 Å². The fraction of sp³-hybridized carbons (Fsp3) is 0.286. The Bertz CT molecular complexity index is 303. The average molecular weight is 255 g/mol. The van der Waals surface area contributed by atoms with E-state index in [4.69, 9.17) is 0 Å². The molecule has 0 aromatic carbocycles. The summed E-state index contributed by atoms with van der Waals surface area (Å²) in [6.45, 7) is 1.76. The van der Waals surface area contributed by atoms with Crippen molar-refractivity contribution in [3.8, 4) is 0 Å². The first kappa shape index (κ1) is 9.80. The smallest absolute Gasteiger partial charge is 0.285 e. The maximum Gasteiger partial charge on any atom is 0.363 e. The van der Waals surface area contributed by atoms with E-state index in [1.165, 1.54) is 6.07 Å². The summed E-state index contributed by atoms with van der Waals surface area (Å²) in [6, 6.07) is 3.04. The summed E-state index contributed by atoms with van der Waals surface area (Å²) >= 11 is 3.08. The Morgan fingerprint density at radius 1 is 1.58 bits per heavy atom. The van der Waals surface area contributed by atoms with Crippen molar-refractivity contribution >= 4 is 33.0 Å². The summed E-state index contributed by atoms with van der Waals surface area (Å²) < 4.78 is 24.8. The van der Waals surface area contributed by atoms with Gasteiger partial charge in [-0.05, 0) is 35.0 Å². The highest BCUT2D eigenvalue weighted by molar-refractivity contribution is 9.10. The molecule has 0 amide bonds. The first-order chi connectivity index (χ1) is 5.41. The Morgan fingerprint density at radius 2 is 2.17 bits per heavy atom. The fourth-order valence-electron chi connectivity index (χ4n) is 0.696. The highest BCUT2D eigenvalue weighted by atomic mass is 79.9. The largest absolute Gasteiger partial charge is 0.363 e. The summed E-state index contributed by atoms with van der Waals surface area (Å²) in [4.78, 5) is 8.37. The molecule has 0 bridgehead atoms. The van der Waals surface area contributed by atoms with Gasteiger partial charge in [0.15, 0.2) is 0 Å². The molecular formula is C7H5BrF2OS. The third-order valence-electron chi connectivity index (χ3n) is 1.22. The zero-order valence-electron chi connectivity index (χ0n) is 6.11. The van der Waals surface area contributed by atoms with E-state index < -0.39 is 10.6 Å². The van der Waals surface area contributed by atoms with E-state index in [0.29, 0.717) is 0 Å². The van der Waals surface area contributed by atoms with Gasteiger partial charge in [0.25, 0.3) is 5.78 Å². The highest BCUT2D eigenvalue weighted by Crippen LogP contribution is 2.29. The van der Waals surface area contributed by atoms with Crippen LogP contribution in [0.3, 0.4) is 0 Å². The van der Waals surface area contributed by atoms with Crippen molar-refractivity contribution in [3.63, 3.8) is 0 Å². The number of rotatable bonds is 2. The third kappa shape index (κ3) is 2.10.